The zero-order valence-corrected chi connectivity index (χ0v) is 18.6. The fraction of sp³-hybridized carbons (Fsp3) is 0.160. The molecule has 2 aromatic heterocycles. The Morgan fingerprint density at radius 1 is 1.03 bits per heavy atom. The van der Waals surface area contributed by atoms with E-state index < -0.39 is 17.6 Å². The number of halogens is 1. The van der Waals surface area contributed by atoms with Crippen LogP contribution in [0, 0.1) is 31.0 Å². The van der Waals surface area contributed by atoms with Gasteiger partial charge in [-0.2, -0.15) is 15.0 Å². The van der Waals surface area contributed by atoms with Crippen LogP contribution in [0.25, 0.3) is 16.7 Å². The van der Waals surface area contributed by atoms with Gasteiger partial charge in [0.25, 0.3) is 0 Å². The third-order valence-electron chi connectivity index (χ3n) is 5.31. The Morgan fingerprint density at radius 2 is 1.74 bits per heavy atom. The Hall–Kier alpha value is -4.58. The number of nitrogens with one attached hydrogen (secondary N) is 2. The van der Waals surface area contributed by atoms with E-state index in [1.165, 1.54) is 35.1 Å². The molecule has 170 valence electrons. The second-order valence-electron chi connectivity index (χ2n) is 7.80. The molecule has 2 amide bonds. The smallest absolute Gasteiger partial charge is 0.226 e. The van der Waals surface area contributed by atoms with E-state index >= 15 is 0 Å². The summed E-state index contributed by atoms with van der Waals surface area (Å²) in [5.74, 6) is -0.607. The van der Waals surface area contributed by atoms with E-state index in [2.05, 4.69) is 15.7 Å². The van der Waals surface area contributed by atoms with Crippen LogP contribution in [0.4, 0.5) is 15.9 Å². The number of fused-ring (bicyclic) bond motifs is 1. The Labute approximate surface area is 195 Å². The second-order valence-corrected chi connectivity index (χ2v) is 7.80. The fourth-order valence-corrected chi connectivity index (χ4v) is 3.55. The van der Waals surface area contributed by atoms with E-state index in [1.807, 2.05) is 44.2 Å². The molecule has 4 rings (SSSR count). The molecule has 0 aliphatic rings. The van der Waals surface area contributed by atoms with Crippen LogP contribution < -0.4 is 10.6 Å². The molecule has 0 fully saturated rings. The fourth-order valence-electron chi connectivity index (χ4n) is 3.55. The number of amides is 2. The van der Waals surface area contributed by atoms with Gasteiger partial charge in [0.1, 0.15) is 17.4 Å². The standard InChI is InChI=1S/C25H21FN6O2/c1-15-4-3-5-20-16(2)12-21(30-24(15)20)32-25(17(13-27)14-28-32)31-23(34)11-10-22(33)29-19-8-6-18(26)7-9-19/h3-9,12,14H,10-11H2,1-2H3,(H,29,33)(H,31,34). The van der Waals surface area contributed by atoms with E-state index in [4.69, 9.17) is 4.98 Å². The summed E-state index contributed by atoms with van der Waals surface area (Å²) in [5, 5.41) is 20.1. The van der Waals surface area contributed by atoms with Crippen LogP contribution in [0.3, 0.4) is 0 Å². The molecule has 9 heteroatoms. The van der Waals surface area contributed by atoms with E-state index in [9.17, 15) is 19.2 Å². The Morgan fingerprint density at radius 3 is 2.44 bits per heavy atom. The normalized spacial score (nSPS) is 10.6. The molecule has 0 bridgehead atoms. The molecule has 34 heavy (non-hydrogen) atoms. The SMILES string of the molecule is Cc1cc(-n2ncc(C#N)c2NC(=O)CCC(=O)Nc2ccc(F)cc2)nc2c(C)cccc12. The summed E-state index contributed by atoms with van der Waals surface area (Å²) in [6.45, 7) is 3.92. The van der Waals surface area contributed by atoms with Crippen LogP contribution in [0.15, 0.2) is 54.7 Å². The zero-order valence-electron chi connectivity index (χ0n) is 18.6. The van der Waals surface area contributed by atoms with Gasteiger partial charge in [-0.1, -0.05) is 18.2 Å². The van der Waals surface area contributed by atoms with Crippen molar-refractivity contribution in [2.45, 2.75) is 26.7 Å². The first-order valence-corrected chi connectivity index (χ1v) is 10.6. The van der Waals surface area contributed by atoms with Crippen LogP contribution in [0.5, 0.6) is 0 Å². The first kappa shape index (κ1) is 22.6. The summed E-state index contributed by atoms with van der Waals surface area (Å²) in [6, 6.07) is 15.1. The van der Waals surface area contributed by atoms with Crippen molar-refractivity contribution < 1.29 is 14.0 Å². The predicted molar refractivity (Wildman–Crippen MR) is 126 cm³/mol. The van der Waals surface area contributed by atoms with Crippen LogP contribution >= 0.6 is 0 Å². The van der Waals surface area contributed by atoms with Crippen LogP contribution in [-0.4, -0.2) is 26.6 Å². The number of hydrogen-bond acceptors (Lipinski definition) is 5. The minimum absolute atomic E-state index is 0.0915. The van der Waals surface area contributed by atoms with Crippen LogP contribution in [-0.2, 0) is 9.59 Å². The Balaban J connectivity index is 1.51. The number of carbonyl (C=O) groups excluding carboxylic acids is 2. The van der Waals surface area contributed by atoms with E-state index in [0.717, 1.165) is 22.0 Å². The number of aromatic nitrogens is 3. The molecule has 0 unspecified atom stereocenters. The van der Waals surface area contributed by atoms with Gasteiger partial charge in [0, 0.05) is 23.9 Å². The van der Waals surface area contributed by atoms with Crippen molar-refractivity contribution >= 4 is 34.2 Å². The first-order valence-electron chi connectivity index (χ1n) is 10.6. The lowest BCUT2D eigenvalue weighted by Gasteiger charge is -2.12. The van der Waals surface area contributed by atoms with E-state index in [1.54, 1.807) is 0 Å². The number of nitriles is 1. The molecule has 2 aromatic carbocycles. The van der Waals surface area contributed by atoms with Gasteiger partial charge in [0.15, 0.2) is 11.6 Å². The predicted octanol–water partition coefficient (Wildman–Crippen LogP) is 4.41. The Kier molecular flexibility index (Phi) is 6.32. The van der Waals surface area contributed by atoms with E-state index in [-0.39, 0.29) is 24.2 Å². The highest BCUT2D eigenvalue weighted by molar-refractivity contribution is 5.97. The number of hydrogen-bond donors (Lipinski definition) is 2. The number of nitrogens with zero attached hydrogens (tertiary/aromatic N) is 4. The lowest BCUT2D eigenvalue weighted by molar-refractivity contribution is -0.121. The summed E-state index contributed by atoms with van der Waals surface area (Å²) < 4.78 is 14.4. The molecule has 0 spiro atoms. The maximum atomic E-state index is 13.0. The summed E-state index contributed by atoms with van der Waals surface area (Å²) in [5.41, 5.74) is 3.39. The summed E-state index contributed by atoms with van der Waals surface area (Å²) in [4.78, 5) is 29.4. The molecular formula is C25H21FN6O2. The highest BCUT2D eigenvalue weighted by Gasteiger charge is 2.18. The lowest BCUT2D eigenvalue weighted by atomic mass is 10.1. The molecule has 2 N–H and O–H groups in total. The van der Waals surface area contributed by atoms with Crippen molar-refractivity contribution in [2.75, 3.05) is 10.6 Å². The molecule has 0 aliphatic carbocycles. The average Bonchev–Trinajstić information content (AvgIpc) is 3.22. The number of para-hydroxylation sites is 1. The molecule has 0 saturated heterocycles. The van der Waals surface area contributed by atoms with Crippen molar-refractivity contribution in [3.63, 3.8) is 0 Å². The minimum atomic E-state index is -0.457. The number of benzene rings is 2. The molecule has 0 saturated carbocycles. The topological polar surface area (TPSA) is 113 Å². The van der Waals surface area contributed by atoms with Gasteiger partial charge in [-0.05, 0) is 55.3 Å². The maximum absolute atomic E-state index is 13.0. The first-order chi connectivity index (χ1) is 16.4. The third kappa shape index (κ3) is 4.76. The van der Waals surface area contributed by atoms with Gasteiger partial charge >= 0.3 is 0 Å². The van der Waals surface area contributed by atoms with Gasteiger partial charge in [-0.15, -0.1) is 0 Å². The van der Waals surface area contributed by atoms with Crippen LogP contribution in [0.2, 0.25) is 0 Å². The highest BCUT2D eigenvalue weighted by Crippen LogP contribution is 2.25. The van der Waals surface area contributed by atoms with Gasteiger partial charge in [-0.25, -0.2) is 9.37 Å². The summed E-state index contributed by atoms with van der Waals surface area (Å²) in [7, 11) is 0. The highest BCUT2D eigenvalue weighted by atomic mass is 19.1. The van der Waals surface area contributed by atoms with Crippen molar-refractivity contribution in [3.05, 3.63) is 77.2 Å². The second kappa shape index (κ2) is 9.50. The third-order valence-corrected chi connectivity index (χ3v) is 5.31. The number of anilines is 2. The van der Waals surface area contributed by atoms with Crippen molar-refractivity contribution in [3.8, 4) is 11.9 Å². The molecule has 8 nitrogen and oxygen atoms in total. The van der Waals surface area contributed by atoms with Gasteiger partial charge < -0.3 is 10.6 Å². The molecule has 4 aromatic rings. The van der Waals surface area contributed by atoms with Crippen molar-refractivity contribution in [1.82, 2.24) is 14.8 Å². The van der Waals surface area contributed by atoms with Crippen molar-refractivity contribution in [2.24, 2.45) is 0 Å². The summed E-state index contributed by atoms with van der Waals surface area (Å²) in [6.07, 6.45) is 1.15. The largest absolute Gasteiger partial charge is 0.326 e. The Bertz CT molecular complexity index is 1440. The monoisotopic (exact) mass is 456 g/mol. The van der Waals surface area contributed by atoms with Gasteiger partial charge in [0.2, 0.25) is 11.8 Å². The molecule has 2 heterocycles. The number of rotatable bonds is 6. The summed E-state index contributed by atoms with van der Waals surface area (Å²) >= 11 is 0. The van der Waals surface area contributed by atoms with E-state index in [0.29, 0.717) is 11.5 Å². The minimum Gasteiger partial charge on any atom is -0.326 e. The number of aryl methyl sites for hydroxylation is 2. The van der Waals surface area contributed by atoms with Crippen molar-refractivity contribution in [1.29, 1.82) is 5.26 Å². The zero-order chi connectivity index (χ0) is 24.2. The molecule has 0 atom stereocenters. The average molecular weight is 456 g/mol. The number of pyridine rings is 1. The quantitative estimate of drug-likeness (QED) is 0.446. The molecule has 0 radical (unpaired) electrons. The van der Waals surface area contributed by atoms with Gasteiger partial charge in [-0.3, -0.25) is 9.59 Å². The van der Waals surface area contributed by atoms with Crippen LogP contribution in [0.1, 0.15) is 29.5 Å². The lowest BCUT2D eigenvalue weighted by Crippen LogP contribution is -2.19. The number of carbonyl (C=O) groups is 2. The maximum Gasteiger partial charge on any atom is 0.226 e. The van der Waals surface area contributed by atoms with Gasteiger partial charge in [0.05, 0.1) is 11.7 Å². The molecule has 0 aliphatic heterocycles. The molecular weight excluding hydrogens is 435 g/mol.